The molecule has 0 atom stereocenters. The number of halogens is 1. The van der Waals surface area contributed by atoms with Crippen molar-refractivity contribution in [2.24, 2.45) is 7.05 Å². The van der Waals surface area contributed by atoms with Gasteiger partial charge in [0.25, 0.3) is 5.91 Å². The summed E-state index contributed by atoms with van der Waals surface area (Å²) >= 11 is 3.37. The van der Waals surface area contributed by atoms with Crippen LogP contribution in [0, 0.1) is 0 Å². The molecule has 20 heavy (non-hydrogen) atoms. The zero-order valence-electron chi connectivity index (χ0n) is 11.7. The summed E-state index contributed by atoms with van der Waals surface area (Å²) in [5, 5.41) is 2.78. The van der Waals surface area contributed by atoms with Crippen molar-refractivity contribution in [2.75, 3.05) is 32.7 Å². The molecule has 7 heteroatoms. The molecule has 0 unspecified atom stereocenters. The van der Waals surface area contributed by atoms with Crippen LogP contribution < -0.4 is 5.32 Å². The first-order valence-corrected chi connectivity index (χ1v) is 7.46. The van der Waals surface area contributed by atoms with Gasteiger partial charge in [-0.05, 0) is 28.9 Å². The van der Waals surface area contributed by atoms with E-state index in [1.165, 1.54) is 0 Å². The third kappa shape index (κ3) is 3.15. The molecule has 2 heterocycles. The van der Waals surface area contributed by atoms with E-state index < -0.39 is 0 Å². The van der Waals surface area contributed by atoms with Crippen molar-refractivity contribution >= 4 is 27.9 Å². The lowest BCUT2D eigenvalue weighted by molar-refractivity contribution is 0.0656. The lowest BCUT2D eigenvalue weighted by Gasteiger charge is -2.34. The Morgan fingerprint density at radius 3 is 2.35 bits per heavy atom. The van der Waals surface area contributed by atoms with Gasteiger partial charge in [0.2, 0.25) is 0 Å². The van der Waals surface area contributed by atoms with Crippen molar-refractivity contribution < 1.29 is 9.59 Å². The third-order valence-electron chi connectivity index (χ3n) is 3.37. The Morgan fingerprint density at radius 2 is 1.85 bits per heavy atom. The Balaban J connectivity index is 1.95. The maximum Gasteiger partial charge on any atom is 0.317 e. The second kappa shape index (κ2) is 6.30. The van der Waals surface area contributed by atoms with Crippen LogP contribution in [-0.4, -0.2) is 59.0 Å². The molecule has 0 aliphatic carbocycles. The first kappa shape index (κ1) is 14.9. The Hall–Kier alpha value is -1.50. The molecular formula is C13H19BrN4O2. The molecule has 1 aromatic heterocycles. The number of aromatic nitrogens is 1. The van der Waals surface area contributed by atoms with E-state index in [4.69, 9.17) is 0 Å². The molecule has 0 radical (unpaired) electrons. The van der Waals surface area contributed by atoms with Crippen molar-refractivity contribution in [1.82, 2.24) is 19.7 Å². The third-order valence-corrected chi connectivity index (χ3v) is 3.81. The number of nitrogens with zero attached hydrogens (tertiary/aromatic N) is 3. The minimum atomic E-state index is -0.0544. The topological polar surface area (TPSA) is 57.6 Å². The van der Waals surface area contributed by atoms with Crippen LogP contribution in [0.15, 0.2) is 16.7 Å². The molecular weight excluding hydrogens is 324 g/mol. The van der Waals surface area contributed by atoms with E-state index in [0.717, 1.165) is 4.47 Å². The van der Waals surface area contributed by atoms with Crippen LogP contribution in [0.2, 0.25) is 0 Å². The zero-order chi connectivity index (χ0) is 14.7. The molecule has 0 spiro atoms. The van der Waals surface area contributed by atoms with E-state index in [2.05, 4.69) is 21.2 Å². The van der Waals surface area contributed by atoms with Gasteiger partial charge in [0.15, 0.2) is 0 Å². The number of urea groups is 1. The highest BCUT2D eigenvalue weighted by Crippen LogP contribution is 2.16. The number of carbonyl (C=O) groups is 2. The predicted molar refractivity (Wildman–Crippen MR) is 79.7 cm³/mol. The molecule has 6 nitrogen and oxygen atoms in total. The fourth-order valence-electron chi connectivity index (χ4n) is 2.27. The second-order valence-corrected chi connectivity index (χ2v) is 5.68. The maximum absolute atomic E-state index is 12.4. The summed E-state index contributed by atoms with van der Waals surface area (Å²) in [6.07, 6.45) is 1.86. The van der Waals surface area contributed by atoms with Gasteiger partial charge in [-0.15, -0.1) is 0 Å². The van der Waals surface area contributed by atoms with Gasteiger partial charge in [-0.25, -0.2) is 4.79 Å². The molecule has 0 aromatic carbocycles. The number of nitrogens with one attached hydrogen (secondary N) is 1. The Bertz CT molecular complexity index is 506. The SMILES string of the molecule is CCNC(=O)N1CCN(C(=O)c2cc(Br)cn2C)CC1. The van der Waals surface area contributed by atoms with Gasteiger partial charge in [0, 0.05) is 50.4 Å². The smallest absolute Gasteiger partial charge is 0.317 e. The summed E-state index contributed by atoms with van der Waals surface area (Å²) in [4.78, 5) is 27.6. The van der Waals surface area contributed by atoms with Gasteiger partial charge in [-0.1, -0.05) is 0 Å². The molecule has 1 N–H and O–H groups in total. The van der Waals surface area contributed by atoms with Crippen LogP contribution in [0.3, 0.4) is 0 Å². The Morgan fingerprint density at radius 1 is 1.25 bits per heavy atom. The lowest BCUT2D eigenvalue weighted by Crippen LogP contribution is -2.53. The van der Waals surface area contributed by atoms with Gasteiger partial charge in [-0.3, -0.25) is 4.79 Å². The minimum absolute atomic E-state index is 0.00810. The van der Waals surface area contributed by atoms with Crippen molar-refractivity contribution in [2.45, 2.75) is 6.92 Å². The highest BCUT2D eigenvalue weighted by Gasteiger charge is 2.25. The van der Waals surface area contributed by atoms with Crippen molar-refractivity contribution in [1.29, 1.82) is 0 Å². The summed E-state index contributed by atoms with van der Waals surface area (Å²) < 4.78 is 2.70. The molecule has 0 saturated carbocycles. The fourth-order valence-corrected chi connectivity index (χ4v) is 2.80. The van der Waals surface area contributed by atoms with Gasteiger partial charge in [-0.2, -0.15) is 0 Å². The molecule has 110 valence electrons. The van der Waals surface area contributed by atoms with E-state index >= 15 is 0 Å². The molecule has 0 bridgehead atoms. The van der Waals surface area contributed by atoms with Crippen LogP contribution in [0.5, 0.6) is 0 Å². The van der Waals surface area contributed by atoms with Gasteiger partial charge in [0.1, 0.15) is 5.69 Å². The van der Waals surface area contributed by atoms with Crippen LogP contribution in [0.4, 0.5) is 4.79 Å². The molecule has 1 saturated heterocycles. The van der Waals surface area contributed by atoms with Crippen molar-refractivity contribution in [3.63, 3.8) is 0 Å². The van der Waals surface area contributed by atoms with Crippen LogP contribution in [0.1, 0.15) is 17.4 Å². The summed E-state index contributed by atoms with van der Waals surface area (Å²) in [7, 11) is 1.85. The average molecular weight is 343 g/mol. The summed E-state index contributed by atoms with van der Waals surface area (Å²) in [6, 6.07) is 1.76. The number of carbonyl (C=O) groups excluding carboxylic acids is 2. The van der Waals surface area contributed by atoms with Crippen LogP contribution >= 0.6 is 15.9 Å². The molecule has 1 aromatic rings. The van der Waals surface area contributed by atoms with Crippen LogP contribution in [-0.2, 0) is 7.05 Å². The van der Waals surface area contributed by atoms with Gasteiger partial charge >= 0.3 is 6.03 Å². The van der Waals surface area contributed by atoms with E-state index in [0.29, 0.717) is 38.4 Å². The van der Waals surface area contributed by atoms with E-state index in [9.17, 15) is 9.59 Å². The average Bonchev–Trinajstić information content (AvgIpc) is 2.77. The van der Waals surface area contributed by atoms with Crippen LogP contribution in [0.25, 0.3) is 0 Å². The van der Waals surface area contributed by atoms with Gasteiger partial charge in [0.05, 0.1) is 0 Å². The number of piperazine rings is 1. The van der Waals surface area contributed by atoms with Crippen molar-refractivity contribution in [3.8, 4) is 0 Å². The standard InChI is InChI=1S/C13H19BrN4O2/c1-3-15-13(20)18-6-4-17(5-7-18)12(19)11-8-10(14)9-16(11)2/h8-9H,3-7H2,1-2H3,(H,15,20). The largest absolute Gasteiger partial charge is 0.345 e. The quantitative estimate of drug-likeness (QED) is 0.879. The summed E-state index contributed by atoms with van der Waals surface area (Å²) in [5.41, 5.74) is 0.656. The minimum Gasteiger partial charge on any atom is -0.345 e. The second-order valence-electron chi connectivity index (χ2n) is 4.77. The summed E-state index contributed by atoms with van der Waals surface area (Å²) in [6.45, 7) is 4.80. The molecule has 3 amide bonds. The Kier molecular flexibility index (Phi) is 4.69. The highest BCUT2D eigenvalue weighted by atomic mass is 79.9. The van der Waals surface area contributed by atoms with E-state index in [1.807, 2.05) is 30.8 Å². The molecule has 1 aliphatic heterocycles. The number of hydrogen-bond donors (Lipinski definition) is 1. The van der Waals surface area contributed by atoms with E-state index in [-0.39, 0.29) is 11.9 Å². The number of rotatable bonds is 2. The molecule has 1 aliphatic rings. The number of aryl methyl sites for hydroxylation is 1. The molecule has 2 rings (SSSR count). The maximum atomic E-state index is 12.4. The van der Waals surface area contributed by atoms with Crippen molar-refractivity contribution in [3.05, 3.63) is 22.4 Å². The highest BCUT2D eigenvalue weighted by molar-refractivity contribution is 9.10. The zero-order valence-corrected chi connectivity index (χ0v) is 13.3. The number of hydrogen-bond acceptors (Lipinski definition) is 2. The monoisotopic (exact) mass is 342 g/mol. The van der Waals surface area contributed by atoms with Gasteiger partial charge < -0.3 is 19.7 Å². The summed E-state index contributed by atoms with van der Waals surface area (Å²) in [5.74, 6) is 0.00810. The Labute approximate surface area is 126 Å². The normalized spacial score (nSPS) is 15.3. The first-order valence-electron chi connectivity index (χ1n) is 6.67. The number of amides is 3. The fraction of sp³-hybridized carbons (Fsp3) is 0.538. The first-order chi connectivity index (χ1) is 9.52. The van der Waals surface area contributed by atoms with E-state index in [1.54, 1.807) is 9.80 Å². The lowest BCUT2D eigenvalue weighted by atomic mass is 10.3. The molecule has 1 fully saturated rings. The predicted octanol–water partition coefficient (Wildman–Crippen LogP) is 1.27.